The molecule has 0 spiro atoms. The van der Waals surface area contributed by atoms with Crippen LogP contribution in [-0.4, -0.2) is 40.0 Å². The first-order valence-corrected chi connectivity index (χ1v) is 8.20. The molecular formula is C15H22N2O3S. The first kappa shape index (κ1) is 17.5. The molecule has 0 aliphatic heterocycles. The van der Waals surface area contributed by atoms with E-state index in [0.717, 1.165) is 5.56 Å². The Morgan fingerprint density at radius 3 is 2.67 bits per heavy atom. The van der Waals surface area contributed by atoms with E-state index in [9.17, 15) is 8.42 Å². The summed E-state index contributed by atoms with van der Waals surface area (Å²) in [6, 6.07) is 4.84. The molecule has 0 atom stereocenters. The van der Waals surface area contributed by atoms with E-state index in [2.05, 4.69) is 11.2 Å². The van der Waals surface area contributed by atoms with Crippen LogP contribution < -0.4 is 10.1 Å². The summed E-state index contributed by atoms with van der Waals surface area (Å²) in [5.74, 6) is 3.06. The molecule has 1 aromatic rings. The molecule has 0 fully saturated rings. The highest BCUT2D eigenvalue weighted by molar-refractivity contribution is 7.89. The van der Waals surface area contributed by atoms with E-state index in [1.807, 2.05) is 6.92 Å². The lowest BCUT2D eigenvalue weighted by Gasteiger charge is -2.20. The Labute approximate surface area is 127 Å². The average Bonchev–Trinajstić information content (AvgIpc) is 2.47. The summed E-state index contributed by atoms with van der Waals surface area (Å²) in [7, 11) is -0.230. The van der Waals surface area contributed by atoms with E-state index in [0.29, 0.717) is 25.3 Å². The van der Waals surface area contributed by atoms with Gasteiger partial charge in [-0.25, -0.2) is 8.42 Å². The van der Waals surface area contributed by atoms with Crippen molar-refractivity contribution < 1.29 is 13.2 Å². The number of hydrogen-bond acceptors (Lipinski definition) is 4. The van der Waals surface area contributed by atoms with E-state index in [-0.39, 0.29) is 11.4 Å². The van der Waals surface area contributed by atoms with Gasteiger partial charge >= 0.3 is 0 Å². The maximum absolute atomic E-state index is 12.6. The lowest BCUT2D eigenvalue weighted by Crippen LogP contribution is -2.32. The Hall–Kier alpha value is -1.55. The molecule has 0 heterocycles. The van der Waals surface area contributed by atoms with Crippen molar-refractivity contribution in [2.24, 2.45) is 0 Å². The largest absolute Gasteiger partial charge is 0.496 e. The summed E-state index contributed by atoms with van der Waals surface area (Å²) < 4.78 is 31.8. The van der Waals surface area contributed by atoms with E-state index >= 15 is 0 Å². The van der Waals surface area contributed by atoms with Crippen LogP contribution in [0.5, 0.6) is 5.75 Å². The molecule has 6 heteroatoms. The normalized spacial score (nSPS) is 11.4. The summed E-state index contributed by atoms with van der Waals surface area (Å²) in [4.78, 5) is 0.234. The molecule has 0 aliphatic carbocycles. The molecule has 0 aliphatic rings. The van der Waals surface area contributed by atoms with Crippen molar-refractivity contribution in [3.63, 3.8) is 0 Å². The van der Waals surface area contributed by atoms with Crippen LogP contribution in [-0.2, 0) is 16.6 Å². The third-order valence-corrected chi connectivity index (χ3v) is 4.84. The van der Waals surface area contributed by atoms with Crippen molar-refractivity contribution in [1.82, 2.24) is 9.62 Å². The standard InChI is InChI=1S/C15H22N2O3S/c1-5-9-17(10-6-2)21(18,19)14-7-8-15(20-4)13(11-14)12-16-3/h1,7-8,11,16H,6,9-10,12H2,2-4H3. The molecule has 1 rings (SSSR count). The van der Waals surface area contributed by atoms with Crippen LogP contribution in [0, 0.1) is 12.3 Å². The summed E-state index contributed by atoms with van der Waals surface area (Å²) >= 11 is 0. The number of rotatable bonds is 8. The van der Waals surface area contributed by atoms with Crippen molar-refractivity contribution in [1.29, 1.82) is 0 Å². The molecule has 0 saturated heterocycles. The van der Waals surface area contributed by atoms with Gasteiger partial charge in [0.05, 0.1) is 18.6 Å². The molecule has 1 N–H and O–H groups in total. The lowest BCUT2D eigenvalue weighted by molar-refractivity contribution is 0.407. The van der Waals surface area contributed by atoms with Gasteiger partial charge in [0.2, 0.25) is 10.0 Å². The van der Waals surface area contributed by atoms with Gasteiger partial charge in [-0.1, -0.05) is 12.8 Å². The zero-order valence-corrected chi connectivity index (χ0v) is 13.5. The van der Waals surface area contributed by atoms with E-state index < -0.39 is 10.0 Å². The Balaban J connectivity index is 3.24. The lowest BCUT2D eigenvalue weighted by atomic mass is 10.2. The molecule has 0 saturated carbocycles. The van der Waals surface area contributed by atoms with Crippen LogP contribution in [0.2, 0.25) is 0 Å². The minimum atomic E-state index is -3.58. The summed E-state index contributed by atoms with van der Waals surface area (Å²) in [6.07, 6.45) is 5.98. The fourth-order valence-electron chi connectivity index (χ4n) is 2.03. The highest BCUT2D eigenvalue weighted by Gasteiger charge is 2.24. The van der Waals surface area contributed by atoms with Crippen LogP contribution in [0.1, 0.15) is 18.9 Å². The zero-order chi connectivity index (χ0) is 15.9. The highest BCUT2D eigenvalue weighted by Crippen LogP contribution is 2.24. The number of methoxy groups -OCH3 is 1. The second-order valence-electron chi connectivity index (χ2n) is 4.55. The first-order chi connectivity index (χ1) is 10.0. The van der Waals surface area contributed by atoms with Gasteiger partial charge in [0, 0.05) is 18.7 Å². The summed E-state index contributed by atoms with van der Waals surface area (Å²) in [5.41, 5.74) is 0.790. The quantitative estimate of drug-likeness (QED) is 0.738. The third-order valence-electron chi connectivity index (χ3n) is 3.00. The van der Waals surface area contributed by atoms with Gasteiger partial charge in [0.15, 0.2) is 0 Å². The molecule has 5 nitrogen and oxygen atoms in total. The number of benzene rings is 1. The van der Waals surface area contributed by atoms with E-state index in [1.54, 1.807) is 32.4 Å². The van der Waals surface area contributed by atoms with Gasteiger partial charge in [-0.3, -0.25) is 0 Å². The van der Waals surface area contributed by atoms with Crippen molar-refractivity contribution in [3.8, 4) is 18.1 Å². The molecule has 0 unspecified atom stereocenters. The molecule has 0 bridgehead atoms. The van der Waals surface area contributed by atoms with Gasteiger partial charge in [0.25, 0.3) is 0 Å². The maximum Gasteiger partial charge on any atom is 0.243 e. The molecule has 0 amide bonds. The molecule has 0 radical (unpaired) electrons. The van der Waals surface area contributed by atoms with Gasteiger partial charge in [-0.05, 0) is 31.7 Å². The third kappa shape index (κ3) is 4.21. The SMILES string of the molecule is C#CCN(CCC)S(=O)(=O)c1ccc(OC)c(CNC)c1. The minimum absolute atomic E-state index is 0.0730. The fourth-order valence-corrected chi connectivity index (χ4v) is 3.53. The molecule has 1 aromatic carbocycles. The second kappa shape index (κ2) is 8.03. The van der Waals surface area contributed by atoms with Crippen LogP contribution in [0.4, 0.5) is 0 Å². The number of hydrogen-bond donors (Lipinski definition) is 1. The van der Waals surface area contributed by atoms with Gasteiger partial charge < -0.3 is 10.1 Å². The molecule has 0 aromatic heterocycles. The monoisotopic (exact) mass is 310 g/mol. The van der Waals surface area contributed by atoms with E-state index in [1.165, 1.54) is 4.31 Å². The maximum atomic E-state index is 12.6. The molecule has 116 valence electrons. The van der Waals surface area contributed by atoms with Crippen LogP contribution >= 0.6 is 0 Å². The van der Waals surface area contributed by atoms with Gasteiger partial charge in [-0.15, -0.1) is 6.42 Å². The average molecular weight is 310 g/mol. The second-order valence-corrected chi connectivity index (χ2v) is 6.48. The number of terminal acetylenes is 1. The van der Waals surface area contributed by atoms with Crippen molar-refractivity contribution in [3.05, 3.63) is 23.8 Å². The van der Waals surface area contributed by atoms with Crippen LogP contribution in [0.25, 0.3) is 0 Å². The van der Waals surface area contributed by atoms with Gasteiger partial charge in [-0.2, -0.15) is 4.31 Å². The summed E-state index contributed by atoms with van der Waals surface area (Å²) in [6.45, 7) is 2.92. The topological polar surface area (TPSA) is 58.6 Å². The number of nitrogens with one attached hydrogen (secondary N) is 1. The Morgan fingerprint density at radius 1 is 1.43 bits per heavy atom. The molecular weight excluding hydrogens is 288 g/mol. The van der Waals surface area contributed by atoms with Crippen molar-refractivity contribution in [2.45, 2.75) is 24.8 Å². The first-order valence-electron chi connectivity index (χ1n) is 6.76. The van der Waals surface area contributed by atoms with Crippen LogP contribution in [0.15, 0.2) is 23.1 Å². The predicted octanol–water partition coefficient (Wildman–Crippen LogP) is 1.45. The smallest absolute Gasteiger partial charge is 0.243 e. The fraction of sp³-hybridized carbons (Fsp3) is 0.467. The minimum Gasteiger partial charge on any atom is -0.496 e. The Morgan fingerprint density at radius 2 is 2.14 bits per heavy atom. The molecule has 21 heavy (non-hydrogen) atoms. The number of sulfonamides is 1. The Bertz CT molecular complexity index is 606. The Kier molecular flexibility index (Phi) is 6.69. The van der Waals surface area contributed by atoms with Crippen molar-refractivity contribution >= 4 is 10.0 Å². The summed E-state index contributed by atoms with van der Waals surface area (Å²) in [5, 5.41) is 3.00. The van der Waals surface area contributed by atoms with Crippen LogP contribution in [0.3, 0.4) is 0 Å². The van der Waals surface area contributed by atoms with Crippen molar-refractivity contribution in [2.75, 3.05) is 27.2 Å². The number of nitrogens with zero attached hydrogens (tertiary/aromatic N) is 1. The van der Waals surface area contributed by atoms with Gasteiger partial charge in [0.1, 0.15) is 5.75 Å². The predicted molar refractivity (Wildman–Crippen MR) is 83.6 cm³/mol. The van der Waals surface area contributed by atoms with E-state index in [4.69, 9.17) is 11.2 Å². The highest BCUT2D eigenvalue weighted by atomic mass is 32.2. The zero-order valence-electron chi connectivity index (χ0n) is 12.7. The number of ether oxygens (including phenoxy) is 1.